The van der Waals surface area contributed by atoms with Crippen molar-refractivity contribution in [2.75, 3.05) is 44.1 Å². The van der Waals surface area contributed by atoms with Gasteiger partial charge in [0, 0.05) is 44.0 Å². The van der Waals surface area contributed by atoms with Gasteiger partial charge in [-0.05, 0) is 60.9 Å². The maximum atomic E-state index is 10.1. The lowest BCUT2D eigenvalue weighted by Gasteiger charge is -2.21. The zero-order chi connectivity index (χ0) is 21.1. The molecule has 1 aliphatic rings. The topological polar surface area (TPSA) is 52.4 Å². The van der Waals surface area contributed by atoms with Gasteiger partial charge in [0.05, 0.1) is 12.8 Å². The quantitative estimate of drug-likeness (QED) is 0.608. The number of ether oxygens (including phenoxy) is 1. The number of benzene rings is 2. The molecule has 3 aromatic rings. The maximum absolute atomic E-state index is 10.1. The molecule has 0 spiro atoms. The van der Waals surface area contributed by atoms with Crippen molar-refractivity contribution in [3.8, 4) is 34.2 Å². The third-order valence-electron chi connectivity index (χ3n) is 5.60. The summed E-state index contributed by atoms with van der Waals surface area (Å²) in [6, 6.07) is 20.7. The molecule has 30 heavy (non-hydrogen) atoms. The largest absolute Gasteiger partial charge is 0.497 e. The lowest BCUT2D eigenvalue weighted by molar-refractivity contribution is 0.415. The number of rotatable bonds is 5. The molecule has 0 saturated carbocycles. The van der Waals surface area contributed by atoms with E-state index in [1.54, 1.807) is 7.11 Å². The van der Waals surface area contributed by atoms with Crippen LogP contribution in [0, 0.1) is 11.3 Å². The van der Waals surface area contributed by atoms with E-state index in [-0.39, 0.29) is 0 Å². The van der Waals surface area contributed by atoms with Crippen LogP contribution in [0.4, 0.5) is 11.5 Å². The van der Waals surface area contributed by atoms with E-state index >= 15 is 0 Å². The Morgan fingerprint density at radius 1 is 0.967 bits per heavy atom. The summed E-state index contributed by atoms with van der Waals surface area (Å²) in [7, 11) is 5.71. The molecule has 2 aromatic carbocycles. The second-order valence-corrected chi connectivity index (χ2v) is 7.73. The van der Waals surface area contributed by atoms with Gasteiger partial charge in [0.25, 0.3) is 0 Å². The van der Waals surface area contributed by atoms with Crippen molar-refractivity contribution in [1.82, 2.24) is 4.98 Å². The fourth-order valence-corrected chi connectivity index (χ4v) is 3.88. The molecule has 0 N–H and O–H groups in total. The molecule has 0 atom stereocenters. The van der Waals surface area contributed by atoms with Crippen LogP contribution in [0.25, 0.3) is 22.4 Å². The Balaban J connectivity index is 1.88. The normalized spacial score (nSPS) is 13.2. The highest BCUT2D eigenvalue weighted by Gasteiger charge is 2.22. The van der Waals surface area contributed by atoms with E-state index in [2.05, 4.69) is 40.1 Å². The predicted octanol–water partition coefficient (Wildman–Crippen LogP) is 4.96. The molecule has 2 heterocycles. The first-order valence-electron chi connectivity index (χ1n) is 10.2. The minimum Gasteiger partial charge on any atom is -0.497 e. The van der Waals surface area contributed by atoms with Gasteiger partial charge < -0.3 is 14.5 Å². The summed E-state index contributed by atoms with van der Waals surface area (Å²) >= 11 is 0. The number of hydrogen-bond acceptors (Lipinski definition) is 5. The number of aromatic nitrogens is 1. The summed E-state index contributed by atoms with van der Waals surface area (Å²) in [4.78, 5) is 9.25. The second-order valence-electron chi connectivity index (χ2n) is 7.73. The van der Waals surface area contributed by atoms with Crippen LogP contribution in [0.2, 0.25) is 0 Å². The lowest BCUT2D eigenvalue weighted by atomic mass is 9.97. The van der Waals surface area contributed by atoms with Crippen molar-refractivity contribution in [3.05, 3.63) is 60.2 Å². The summed E-state index contributed by atoms with van der Waals surface area (Å²) in [5.74, 6) is 1.60. The van der Waals surface area contributed by atoms with E-state index in [0.717, 1.165) is 65.6 Å². The molecule has 152 valence electrons. The second kappa shape index (κ2) is 8.46. The van der Waals surface area contributed by atoms with E-state index in [0.29, 0.717) is 5.56 Å². The summed E-state index contributed by atoms with van der Waals surface area (Å²) in [6.45, 7) is 1.87. The van der Waals surface area contributed by atoms with Crippen molar-refractivity contribution in [2.24, 2.45) is 0 Å². The Morgan fingerprint density at radius 2 is 1.60 bits per heavy atom. The van der Waals surface area contributed by atoms with Gasteiger partial charge >= 0.3 is 0 Å². The molecule has 4 rings (SSSR count). The minimum absolute atomic E-state index is 0.645. The molecule has 1 aromatic heterocycles. The van der Waals surface area contributed by atoms with Gasteiger partial charge in [-0.3, -0.25) is 0 Å². The molecule has 1 fully saturated rings. The molecule has 0 bridgehead atoms. The van der Waals surface area contributed by atoms with Crippen LogP contribution in [0.1, 0.15) is 18.4 Å². The Hall–Kier alpha value is -3.52. The van der Waals surface area contributed by atoms with Crippen LogP contribution in [0.15, 0.2) is 54.6 Å². The highest BCUT2D eigenvalue weighted by atomic mass is 16.5. The minimum atomic E-state index is 0.645. The number of hydrogen-bond donors (Lipinski definition) is 0. The number of nitrogens with zero attached hydrogens (tertiary/aromatic N) is 4. The third kappa shape index (κ3) is 3.81. The average molecular weight is 399 g/mol. The monoisotopic (exact) mass is 398 g/mol. The molecule has 5 heteroatoms. The van der Waals surface area contributed by atoms with Crippen LogP contribution in [-0.2, 0) is 0 Å². The first-order chi connectivity index (χ1) is 14.6. The highest BCUT2D eigenvalue weighted by Crippen LogP contribution is 2.36. The van der Waals surface area contributed by atoms with Crippen LogP contribution < -0.4 is 14.5 Å². The first-order valence-corrected chi connectivity index (χ1v) is 10.2. The average Bonchev–Trinajstić information content (AvgIpc) is 3.33. The van der Waals surface area contributed by atoms with Crippen molar-refractivity contribution in [3.63, 3.8) is 0 Å². The van der Waals surface area contributed by atoms with E-state index in [1.807, 2.05) is 44.4 Å². The zero-order valence-corrected chi connectivity index (χ0v) is 17.7. The number of anilines is 2. The molecular weight excluding hydrogens is 372 g/mol. The third-order valence-corrected chi connectivity index (χ3v) is 5.60. The van der Waals surface area contributed by atoms with Gasteiger partial charge in [-0.1, -0.05) is 12.1 Å². The van der Waals surface area contributed by atoms with Gasteiger partial charge in [-0.15, -0.1) is 0 Å². The molecule has 5 nitrogen and oxygen atoms in total. The molecular formula is C25H26N4O. The van der Waals surface area contributed by atoms with E-state index in [1.165, 1.54) is 0 Å². The van der Waals surface area contributed by atoms with Crippen molar-refractivity contribution in [2.45, 2.75) is 12.8 Å². The Labute approximate surface area is 178 Å². The fraction of sp³-hybridized carbons (Fsp3) is 0.280. The molecule has 1 aliphatic heterocycles. The number of methoxy groups -OCH3 is 1. The molecule has 1 saturated heterocycles. The van der Waals surface area contributed by atoms with Gasteiger partial charge in [0.2, 0.25) is 0 Å². The summed E-state index contributed by atoms with van der Waals surface area (Å²) in [5.41, 5.74) is 5.59. The standard InChI is InChI=1S/C25H26N4O/c1-28(2)20-10-6-18(7-11-20)22-16-24(19-8-12-21(30-3)13-9-19)27-25(23(22)17-26)29-14-4-5-15-29/h6-13,16H,4-5,14-15H2,1-3H3. The van der Waals surface area contributed by atoms with Crippen LogP contribution >= 0.6 is 0 Å². The van der Waals surface area contributed by atoms with Gasteiger partial charge in [-0.2, -0.15) is 5.26 Å². The smallest absolute Gasteiger partial charge is 0.147 e. The SMILES string of the molecule is COc1ccc(-c2cc(-c3ccc(N(C)C)cc3)c(C#N)c(N3CCCC3)n2)cc1. The van der Waals surface area contributed by atoms with Gasteiger partial charge in [-0.25, -0.2) is 4.98 Å². The lowest BCUT2D eigenvalue weighted by Crippen LogP contribution is -2.21. The van der Waals surface area contributed by atoms with E-state index in [9.17, 15) is 5.26 Å². The Bertz CT molecular complexity index is 1060. The summed E-state index contributed by atoms with van der Waals surface area (Å²) < 4.78 is 5.29. The Kier molecular flexibility index (Phi) is 5.58. The summed E-state index contributed by atoms with van der Waals surface area (Å²) in [5, 5.41) is 10.1. The van der Waals surface area contributed by atoms with E-state index < -0.39 is 0 Å². The predicted molar refractivity (Wildman–Crippen MR) is 122 cm³/mol. The van der Waals surface area contributed by atoms with Crippen molar-refractivity contribution >= 4 is 11.5 Å². The molecule has 0 unspecified atom stereocenters. The zero-order valence-electron chi connectivity index (χ0n) is 17.7. The molecule has 0 aliphatic carbocycles. The number of nitriles is 1. The first kappa shape index (κ1) is 19.8. The van der Waals surface area contributed by atoms with Gasteiger partial charge in [0.1, 0.15) is 23.2 Å². The van der Waals surface area contributed by atoms with Crippen LogP contribution in [0.3, 0.4) is 0 Å². The van der Waals surface area contributed by atoms with Crippen molar-refractivity contribution < 1.29 is 4.74 Å². The number of pyridine rings is 1. The summed E-state index contributed by atoms with van der Waals surface area (Å²) in [6.07, 6.45) is 2.26. The molecule has 0 radical (unpaired) electrons. The van der Waals surface area contributed by atoms with Crippen LogP contribution in [0.5, 0.6) is 5.75 Å². The highest BCUT2D eigenvalue weighted by molar-refractivity contribution is 5.82. The van der Waals surface area contributed by atoms with E-state index in [4.69, 9.17) is 9.72 Å². The van der Waals surface area contributed by atoms with Crippen LogP contribution in [-0.4, -0.2) is 39.3 Å². The maximum Gasteiger partial charge on any atom is 0.147 e. The molecule has 0 amide bonds. The van der Waals surface area contributed by atoms with Gasteiger partial charge in [0.15, 0.2) is 0 Å². The fourth-order valence-electron chi connectivity index (χ4n) is 3.88. The van der Waals surface area contributed by atoms with Crippen molar-refractivity contribution in [1.29, 1.82) is 5.26 Å². The Morgan fingerprint density at radius 3 is 2.17 bits per heavy atom.